The van der Waals surface area contributed by atoms with E-state index in [4.69, 9.17) is 5.41 Å². The van der Waals surface area contributed by atoms with Crippen LogP contribution in [0, 0.1) is 29.1 Å². The molecule has 0 aromatic heterocycles. The normalized spacial score (nSPS) is 13.6. The Hall–Kier alpha value is -0.880. The summed E-state index contributed by atoms with van der Waals surface area (Å²) in [5.41, 5.74) is 0. The number of Topliss-reactive ketones (excluding diaryl/α,β-unsaturated/α-hetero) is 1. The second-order valence-corrected chi connectivity index (χ2v) is 18.7. The minimum absolute atomic E-state index is 0.210. The van der Waals surface area contributed by atoms with E-state index in [1.165, 1.54) is 96.3 Å². The fourth-order valence-corrected chi connectivity index (χ4v) is 8.08. The van der Waals surface area contributed by atoms with Gasteiger partial charge in [-0.2, -0.15) is 0 Å². The van der Waals surface area contributed by atoms with E-state index in [0.29, 0.717) is 12.2 Å². The third-order valence-electron chi connectivity index (χ3n) is 10.6. The summed E-state index contributed by atoms with van der Waals surface area (Å²) in [5, 5.41) is 12.6. The highest BCUT2D eigenvalue weighted by molar-refractivity contribution is 8.13. The maximum atomic E-state index is 12.7. The summed E-state index contributed by atoms with van der Waals surface area (Å²) in [5.74, 6) is 4.96. The number of unbranched alkanes of at least 4 members (excludes halogenated alkanes) is 9. The van der Waals surface area contributed by atoms with E-state index >= 15 is 0 Å². The van der Waals surface area contributed by atoms with Gasteiger partial charge in [0, 0.05) is 25.3 Å². The van der Waals surface area contributed by atoms with Crippen LogP contribution in [0.2, 0.25) is 0 Å². The SMILES string of the molecule is CC(C)CCCC(C)CCCCC(=O)CCCCCCCC(CCCCCCCC(=N)SCCC(C)CCCC(C)C)NC(=O)CCCN(C)C. The van der Waals surface area contributed by atoms with Crippen molar-refractivity contribution in [1.82, 2.24) is 10.2 Å². The molecule has 0 saturated carbocycles. The summed E-state index contributed by atoms with van der Waals surface area (Å²) in [6.45, 7) is 14.9. The second kappa shape index (κ2) is 34.9. The van der Waals surface area contributed by atoms with Crippen molar-refractivity contribution in [3.63, 3.8) is 0 Å². The smallest absolute Gasteiger partial charge is 0.220 e. The fourth-order valence-electron chi connectivity index (χ4n) is 7.03. The third-order valence-corrected chi connectivity index (χ3v) is 11.6. The molecular weight excluding hydrogens is 647 g/mol. The molecule has 0 radical (unpaired) electrons. The summed E-state index contributed by atoms with van der Waals surface area (Å²) >= 11 is 1.78. The van der Waals surface area contributed by atoms with E-state index in [2.05, 4.69) is 65.9 Å². The minimum atomic E-state index is 0.210. The molecule has 3 unspecified atom stereocenters. The van der Waals surface area contributed by atoms with Gasteiger partial charge in [0.05, 0.1) is 5.04 Å². The maximum Gasteiger partial charge on any atom is 0.220 e. The van der Waals surface area contributed by atoms with E-state index in [-0.39, 0.29) is 11.9 Å². The van der Waals surface area contributed by atoms with Crippen molar-refractivity contribution >= 4 is 28.5 Å². The number of nitrogens with one attached hydrogen (secondary N) is 2. The van der Waals surface area contributed by atoms with Crippen LogP contribution >= 0.6 is 11.8 Å². The number of hydrogen-bond donors (Lipinski definition) is 2. The quantitative estimate of drug-likeness (QED) is 0.0378. The highest BCUT2D eigenvalue weighted by Gasteiger charge is 2.13. The highest BCUT2D eigenvalue weighted by Crippen LogP contribution is 2.21. The van der Waals surface area contributed by atoms with Gasteiger partial charge in [-0.05, 0) is 101 Å². The Balaban J connectivity index is 4.14. The molecule has 0 spiro atoms. The number of rotatable bonds is 37. The molecule has 0 aromatic rings. The van der Waals surface area contributed by atoms with Crippen LogP contribution in [0.1, 0.15) is 215 Å². The predicted molar refractivity (Wildman–Crippen MR) is 228 cm³/mol. The zero-order valence-electron chi connectivity index (χ0n) is 35.6. The first-order chi connectivity index (χ1) is 24.4. The lowest BCUT2D eigenvalue weighted by molar-refractivity contribution is -0.122. The number of nitrogens with zero attached hydrogens (tertiary/aromatic N) is 1. The van der Waals surface area contributed by atoms with E-state index < -0.39 is 0 Å². The predicted octanol–water partition coefficient (Wildman–Crippen LogP) is 13.4. The monoisotopic (exact) mass is 736 g/mol. The molecule has 1 amide bonds. The summed E-state index contributed by atoms with van der Waals surface area (Å²) in [7, 11) is 4.13. The van der Waals surface area contributed by atoms with Crippen LogP contribution in [0.5, 0.6) is 0 Å². The molecule has 0 aromatic carbocycles. The summed E-state index contributed by atoms with van der Waals surface area (Å²) in [6.07, 6.45) is 30.6. The van der Waals surface area contributed by atoms with Gasteiger partial charge < -0.3 is 10.2 Å². The number of amides is 1. The molecule has 0 fully saturated rings. The molecule has 302 valence electrons. The largest absolute Gasteiger partial charge is 0.353 e. The Labute approximate surface area is 323 Å². The average molecular weight is 736 g/mol. The first kappa shape index (κ1) is 50.1. The molecule has 2 N–H and O–H groups in total. The van der Waals surface area contributed by atoms with Crippen LogP contribution in [0.4, 0.5) is 0 Å². The van der Waals surface area contributed by atoms with Gasteiger partial charge in [0.25, 0.3) is 0 Å². The second-order valence-electron chi connectivity index (χ2n) is 17.5. The first-order valence-electron chi connectivity index (χ1n) is 22.0. The van der Waals surface area contributed by atoms with E-state index in [1.807, 2.05) is 0 Å². The van der Waals surface area contributed by atoms with E-state index in [9.17, 15) is 9.59 Å². The van der Waals surface area contributed by atoms with Crippen LogP contribution in [-0.2, 0) is 9.59 Å². The van der Waals surface area contributed by atoms with Crippen LogP contribution in [0.15, 0.2) is 0 Å². The minimum Gasteiger partial charge on any atom is -0.353 e. The standard InChI is InChI=1S/C45H89N3O2S/c1-38(2)24-21-27-40(5)26-19-20-32-43(49)31-17-13-9-11-15-29-42(47-45(50)34-23-36-48(7)8)30-16-12-10-14-18-33-44(46)51-37-35-41(6)28-22-25-39(3)4/h38-42,46H,9-37H2,1-8H3,(H,47,50). The lowest BCUT2D eigenvalue weighted by Crippen LogP contribution is -2.35. The number of hydrogen-bond acceptors (Lipinski definition) is 5. The Morgan fingerprint density at radius 3 is 1.53 bits per heavy atom. The molecule has 0 aliphatic rings. The molecular formula is C45H89N3O2S. The zero-order valence-corrected chi connectivity index (χ0v) is 36.4. The lowest BCUT2D eigenvalue weighted by Gasteiger charge is -2.19. The molecule has 3 atom stereocenters. The number of thioether (sulfide) groups is 1. The molecule has 51 heavy (non-hydrogen) atoms. The molecule has 0 bridgehead atoms. The van der Waals surface area contributed by atoms with Gasteiger partial charge in [-0.25, -0.2) is 0 Å². The Morgan fingerprint density at radius 2 is 0.980 bits per heavy atom. The third kappa shape index (κ3) is 37.2. The maximum absolute atomic E-state index is 12.7. The van der Waals surface area contributed by atoms with Gasteiger partial charge in [0.15, 0.2) is 0 Å². The van der Waals surface area contributed by atoms with Gasteiger partial charge in [-0.15, -0.1) is 11.8 Å². The van der Waals surface area contributed by atoms with E-state index in [0.717, 1.165) is 112 Å². The summed E-state index contributed by atoms with van der Waals surface area (Å²) < 4.78 is 0. The molecule has 0 heterocycles. The summed E-state index contributed by atoms with van der Waals surface area (Å²) in [6, 6.07) is 0.286. The Kier molecular flexibility index (Phi) is 34.3. The average Bonchev–Trinajstić information content (AvgIpc) is 3.05. The first-order valence-corrected chi connectivity index (χ1v) is 23.0. The Morgan fingerprint density at radius 1 is 0.529 bits per heavy atom. The van der Waals surface area contributed by atoms with Crippen molar-refractivity contribution < 1.29 is 9.59 Å². The topological polar surface area (TPSA) is 73.3 Å². The van der Waals surface area contributed by atoms with Gasteiger partial charge >= 0.3 is 0 Å². The van der Waals surface area contributed by atoms with Crippen molar-refractivity contribution in [2.75, 3.05) is 26.4 Å². The summed E-state index contributed by atoms with van der Waals surface area (Å²) in [4.78, 5) is 27.2. The van der Waals surface area contributed by atoms with Crippen molar-refractivity contribution in [2.24, 2.45) is 23.7 Å². The van der Waals surface area contributed by atoms with Crippen LogP contribution in [0.25, 0.3) is 0 Å². The van der Waals surface area contributed by atoms with Gasteiger partial charge in [0.1, 0.15) is 5.78 Å². The van der Waals surface area contributed by atoms with Crippen molar-refractivity contribution in [3.05, 3.63) is 0 Å². The van der Waals surface area contributed by atoms with E-state index in [1.54, 1.807) is 11.8 Å². The van der Waals surface area contributed by atoms with Gasteiger partial charge in [-0.3, -0.25) is 15.0 Å². The van der Waals surface area contributed by atoms with Crippen molar-refractivity contribution in [1.29, 1.82) is 5.41 Å². The van der Waals surface area contributed by atoms with Crippen molar-refractivity contribution in [3.8, 4) is 0 Å². The number of carbonyl (C=O) groups is 2. The van der Waals surface area contributed by atoms with Crippen LogP contribution < -0.4 is 5.32 Å². The Bertz CT molecular complexity index is 830. The molecule has 0 aliphatic carbocycles. The lowest BCUT2D eigenvalue weighted by atomic mass is 9.94. The molecule has 5 nitrogen and oxygen atoms in total. The number of ketones is 1. The highest BCUT2D eigenvalue weighted by atomic mass is 32.2. The van der Waals surface area contributed by atoms with Crippen LogP contribution in [-0.4, -0.2) is 54.1 Å². The molecule has 0 rings (SSSR count). The van der Waals surface area contributed by atoms with Gasteiger partial charge in [-0.1, -0.05) is 144 Å². The molecule has 6 heteroatoms. The van der Waals surface area contributed by atoms with Crippen LogP contribution in [0.3, 0.4) is 0 Å². The zero-order chi connectivity index (χ0) is 38.1. The van der Waals surface area contributed by atoms with Gasteiger partial charge in [0.2, 0.25) is 5.91 Å². The van der Waals surface area contributed by atoms with Crippen molar-refractivity contribution in [2.45, 2.75) is 221 Å². The number of carbonyl (C=O) groups excluding carboxylic acids is 2. The molecule has 0 aliphatic heterocycles. The fraction of sp³-hybridized carbons (Fsp3) is 0.933. The molecule has 0 saturated heterocycles.